The molecule has 1 amide bonds. The second kappa shape index (κ2) is 6.09. The van der Waals surface area contributed by atoms with Gasteiger partial charge in [-0.25, -0.2) is 0 Å². The SMILES string of the molecule is Cc1cc(C)cc(C2=CCN(C(=O)C3(O)CCSC3)CC2)c1. The number of thioether (sulfide) groups is 1. The molecule has 1 N–H and O–H groups in total. The van der Waals surface area contributed by atoms with Gasteiger partial charge < -0.3 is 10.0 Å². The minimum atomic E-state index is -1.13. The molecule has 2 heterocycles. The topological polar surface area (TPSA) is 40.5 Å². The first-order valence-corrected chi connectivity index (χ1v) is 9.01. The van der Waals surface area contributed by atoms with Crippen LogP contribution in [0.1, 0.15) is 29.5 Å². The van der Waals surface area contributed by atoms with Crippen LogP contribution in [0.2, 0.25) is 0 Å². The zero-order valence-electron chi connectivity index (χ0n) is 13.3. The summed E-state index contributed by atoms with van der Waals surface area (Å²) in [5.41, 5.74) is 3.98. The Kier molecular flexibility index (Phi) is 4.33. The standard InChI is InChI=1S/C18H23NO2S/c1-13-9-14(2)11-16(10-13)15-3-6-19(7-4-15)17(20)18(21)5-8-22-12-18/h3,9-11,21H,4-8,12H2,1-2H3. The van der Waals surface area contributed by atoms with Crippen molar-refractivity contribution in [2.45, 2.75) is 32.3 Å². The van der Waals surface area contributed by atoms with Crippen LogP contribution in [-0.2, 0) is 4.79 Å². The van der Waals surface area contributed by atoms with E-state index in [4.69, 9.17) is 0 Å². The van der Waals surface area contributed by atoms with Crippen LogP contribution in [0.3, 0.4) is 0 Å². The number of aliphatic hydroxyl groups is 1. The first-order chi connectivity index (χ1) is 10.5. The molecule has 0 radical (unpaired) electrons. The third kappa shape index (κ3) is 3.08. The molecule has 22 heavy (non-hydrogen) atoms. The Labute approximate surface area is 136 Å². The van der Waals surface area contributed by atoms with E-state index in [9.17, 15) is 9.90 Å². The molecule has 3 nitrogen and oxygen atoms in total. The van der Waals surface area contributed by atoms with Crippen molar-refractivity contribution in [1.82, 2.24) is 4.90 Å². The van der Waals surface area contributed by atoms with Crippen molar-refractivity contribution in [3.63, 3.8) is 0 Å². The predicted octanol–water partition coefficient (Wildman–Crippen LogP) is 2.79. The second-order valence-corrected chi connectivity index (χ2v) is 7.55. The highest BCUT2D eigenvalue weighted by Crippen LogP contribution is 2.31. The molecule has 0 saturated carbocycles. The summed E-state index contributed by atoms with van der Waals surface area (Å²) in [6, 6.07) is 6.59. The van der Waals surface area contributed by atoms with Crippen LogP contribution in [-0.4, -0.2) is 46.1 Å². The Morgan fingerprint density at radius 2 is 2.00 bits per heavy atom. The number of nitrogens with zero attached hydrogens (tertiary/aromatic N) is 1. The van der Waals surface area contributed by atoms with E-state index in [0.717, 1.165) is 12.2 Å². The Hall–Kier alpha value is -1.26. The largest absolute Gasteiger partial charge is 0.379 e. The highest BCUT2D eigenvalue weighted by atomic mass is 32.2. The summed E-state index contributed by atoms with van der Waals surface area (Å²) in [5, 5.41) is 10.4. The molecule has 3 rings (SSSR count). The van der Waals surface area contributed by atoms with Gasteiger partial charge in [-0.1, -0.05) is 35.4 Å². The maximum atomic E-state index is 12.5. The number of aryl methyl sites for hydroxylation is 2. The van der Waals surface area contributed by atoms with Crippen molar-refractivity contribution >= 4 is 23.2 Å². The molecule has 1 unspecified atom stereocenters. The van der Waals surface area contributed by atoms with Gasteiger partial charge in [0.25, 0.3) is 5.91 Å². The number of hydrogen-bond acceptors (Lipinski definition) is 3. The number of rotatable bonds is 2. The maximum absolute atomic E-state index is 12.5. The van der Waals surface area contributed by atoms with E-state index < -0.39 is 5.60 Å². The third-order valence-corrected chi connectivity index (χ3v) is 5.66. The predicted molar refractivity (Wildman–Crippen MR) is 92.0 cm³/mol. The molecule has 1 saturated heterocycles. The van der Waals surface area contributed by atoms with Crippen molar-refractivity contribution in [3.8, 4) is 0 Å². The van der Waals surface area contributed by atoms with Gasteiger partial charge in [0.2, 0.25) is 0 Å². The molecular formula is C18H23NO2S. The van der Waals surface area contributed by atoms with Crippen LogP contribution < -0.4 is 0 Å². The summed E-state index contributed by atoms with van der Waals surface area (Å²) in [6.07, 6.45) is 3.58. The zero-order chi connectivity index (χ0) is 15.7. The molecule has 2 aliphatic rings. The first-order valence-electron chi connectivity index (χ1n) is 7.85. The van der Waals surface area contributed by atoms with Gasteiger partial charge in [0.1, 0.15) is 0 Å². The summed E-state index contributed by atoms with van der Waals surface area (Å²) < 4.78 is 0. The van der Waals surface area contributed by atoms with Gasteiger partial charge in [0, 0.05) is 18.8 Å². The molecule has 1 aromatic carbocycles. The van der Waals surface area contributed by atoms with E-state index >= 15 is 0 Å². The highest BCUT2D eigenvalue weighted by molar-refractivity contribution is 7.99. The second-order valence-electron chi connectivity index (χ2n) is 6.44. The van der Waals surface area contributed by atoms with Crippen molar-refractivity contribution in [1.29, 1.82) is 0 Å². The number of hydrogen-bond donors (Lipinski definition) is 1. The Morgan fingerprint density at radius 1 is 1.27 bits per heavy atom. The van der Waals surface area contributed by atoms with Crippen molar-refractivity contribution in [3.05, 3.63) is 41.0 Å². The van der Waals surface area contributed by atoms with Gasteiger partial charge in [-0.05, 0) is 43.6 Å². The summed E-state index contributed by atoms with van der Waals surface area (Å²) in [6.45, 7) is 5.53. The Bertz CT molecular complexity index is 597. The third-order valence-electron chi connectivity index (χ3n) is 4.49. The van der Waals surface area contributed by atoms with Gasteiger partial charge >= 0.3 is 0 Å². The molecule has 1 aromatic rings. The van der Waals surface area contributed by atoms with Crippen LogP contribution in [0.25, 0.3) is 5.57 Å². The lowest BCUT2D eigenvalue weighted by atomic mass is 9.95. The van der Waals surface area contributed by atoms with Gasteiger partial charge in [0.05, 0.1) is 0 Å². The Morgan fingerprint density at radius 3 is 2.55 bits per heavy atom. The molecular weight excluding hydrogens is 294 g/mol. The first kappa shape index (κ1) is 15.6. The normalized spacial score (nSPS) is 25.2. The van der Waals surface area contributed by atoms with E-state index in [0.29, 0.717) is 25.3 Å². The molecule has 4 heteroatoms. The van der Waals surface area contributed by atoms with E-state index in [1.807, 2.05) is 0 Å². The summed E-state index contributed by atoms with van der Waals surface area (Å²) in [7, 11) is 0. The minimum absolute atomic E-state index is 0.0896. The summed E-state index contributed by atoms with van der Waals surface area (Å²) in [4.78, 5) is 14.3. The molecule has 1 fully saturated rings. The molecule has 0 spiro atoms. The van der Waals surface area contributed by atoms with Crippen molar-refractivity contribution < 1.29 is 9.90 Å². The fraction of sp³-hybridized carbons (Fsp3) is 0.500. The molecule has 0 bridgehead atoms. The van der Waals surface area contributed by atoms with Gasteiger partial charge in [-0.15, -0.1) is 0 Å². The minimum Gasteiger partial charge on any atom is -0.379 e. The molecule has 2 aliphatic heterocycles. The van der Waals surface area contributed by atoms with Gasteiger partial charge in [-0.2, -0.15) is 11.8 Å². The van der Waals surface area contributed by atoms with Crippen LogP contribution in [0.5, 0.6) is 0 Å². The molecule has 1 atom stereocenters. The van der Waals surface area contributed by atoms with Crippen LogP contribution >= 0.6 is 11.8 Å². The average Bonchev–Trinajstić information content (AvgIpc) is 2.94. The number of amides is 1. The lowest BCUT2D eigenvalue weighted by molar-refractivity contribution is -0.148. The van der Waals surface area contributed by atoms with Crippen molar-refractivity contribution in [2.24, 2.45) is 0 Å². The zero-order valence-corrected chi connectivity index (χ0v) is 14.1. The number of benzene rings is 1. The maximum Gasteiger partial charge on any atom is 0.255 e. The summed E-state index contributed by atoms with van der Waals surface area (Å²) >= 11 is 1.66. The molecule has 118 valence electrons. The molecule has 0 aromatic heterocycles. The number of carbonyl (C=O) groups is 1. The fourth-order valence-corrected chi connectivity index (χ4v) is 4.52. The molecule has 0 aliphatic carbocycles. The quantitative estimate of drug-likeness (QED) is 0.912. The lowest BCUT2D eigenvalue weighted by Crippen LogP contribution is -2.50. The fourth-order valence-electron chi connectivity index (χ4n) is 3.29. The monoisotopic (exact) mass is 317 g/mol. The van der Waals surface area contributed by atoms with Crippen LogP contribution in [0.15, 0.2) is 24.3 Å². The van der Waals surface area contributed by atoms with Gasteiger partial charge in [-0.3, -0.25) is 4.79 Å². The van der Waals surface area contributed by atoms with E-state index in [1.54, 1.807) is 16.7 Å². The van der Waals surface area contributed by atoms with Crippen molar-refractivity contribution in [2.75, 3.05) is 24.6 Å². The van der Waals surface area contributed by atoms with E-state index in [2.05, 4.69) is 38.1 Å². The summed E-state index contributed by atoms with van der Waals surface area (Å²) in [5.74, 6) is 1.32. The van der Waals surface area contributed by atoms with E-state index in [-0.39, 0.29) is 5.91 Å². The average molecular weight is 317 g/mol. The van der Waals surface area contributed by atoms with Crippen LogP contribution in [0, 0.1) is 13.8 Å². The number of carbonyl (C=O) groups excluding carboxylic acids is 1. The smallest absolute Gasteiger partial charge is 0.255 e. The highest BCUT2D eigenvalue weighted by Gasteiger charge is 2.42. The lowest BCUT2D eigenvalue weighted by Gasteiger charge is -2.32. The van der Waals surface area contributed by atoms with Gasteiger partial charge in [0.15, 0.2) is 5.60 Å². The van der Waals surface area contributed by atoms with Crippen LogP contribution in [0.4, 0.5) is 0 Å². The Balaban J connectivity index is 1.73. The van der Waals surface area contributed by atoms with E-state index in [1.165, 1.54) is 22.3 Å².